The monoisotopic (exact) mass is 756 g/mol. The van der Waals surface area contributed by atoms with E-state index in [0.717, 1.165) is 12.1 Å². The molecule has 2 aromatic carbocycles. The van der Waals surface area contributed by atoms with Gasteiger partial charge in [-0.2, -0.15) is 0 Å². The van der Waals surface area contributed by atoms with Crippen LogP contribution in [0, 0.1) is 0 Å². The Labute approximate surface area is 298 Å². The standard InChI is InChI=1S/C33H40O20/c1-10-28(52-32-25(44)22(41)19(38)16(8-34)50-32)24(43)27(46)31(47-10)48-13-6-14(37)18-15(7-13)49-29(11-2-4-12(36)5-3-11)30(21(18)40)53-33-26(45)23(42)20(39)17(9-35)51-33/h2-7,10,16-17,19-20,22-28,31-39,41-46H,8-9H2,1H3. The third-order valence-electron chi connectivity index (χ3n) is 9.29. The quantitative estimate of drug-likeness (QED) is 0.0992. The number of aliphatic hydroxyl groups excluding tert-OH is 10. The topological polar surface area (TPSA) is 328 Å². The summed E-state index contributed by atoms with van der Waals surface area (Å²) in [4.78, 5) is 13.9. The van der Waals surface area contributed by atoms with Gasteiger partial charge in [0.2, 0.25) is 23.8 Å². The van der Waals surface area contributed by atoms with Crippen molar-refractivity contribution in [3.05, 3.63) is 46.6 Å². The number of fused-ring (bicyclic) bond motifs is 1. The van der Waals surface area contributed by atoms with E-state index >= 15 is 0 Å². The highest BCUT2D eigenvalue weighted by Gasteiger charge is 2.50. The van der Waals surface area contributed by atoms with Crippen LogP contribution in [-0.2, 0) is 18.9 Å². The third kappa shape index (κ3) is 7.39. The fourth-order valence-electron chi connectivity index (χ4n) is 6.28. The number of benzene rings is 2. The fourth-order valence-corrected chi connectivity index (χ4v) is 6.28. The highest BCUT2D eigenvalue weighted by atomic mass is 16.7. The zero-order valence-corrected chi connectivity index (χ0v) is 27.7. The Kier molecular flexibility index (Phi) is 11.5. The summed E-state index contributed by atoms with van der Waals surface area (Å²) in [7, 11) is 0. The van der Waals surface area contributed by atoms with Crippen molar-refractivity contribution in [2.24, 2.45) is 0 Å². The molecule has 0 spiro atoms. The smallest absolute Gasteiger partial charge is 0.239 e. The van der Waals surface area contributed by atoms with Gasteiger partial charge in [-0.3, -0.25) is 4.79 Å². The molecule has 53 heavy (non-hydrogen) atoms. The summed E-state index contributed by atoms with van der Waals surface area (Å²) in [6, 6.07) is 7.31. The van der Waals surface area contributed by atoms with Crippen molar-refractivity contribution in [3.63, 3.8) is 0 Å². The first-order chi connectivity index (χ1) is 25.1. The minimum absolute atomic E-state index is 0.139. The van der Waals surface area contributed by atoms with Crippen LogP contribution in [0.5, 0.6) is 23.0 Å². The maximum absolute atomic E-state index is 13.9. The van der Waals surface area contributed by atoms with Gasteiger partial charge in [-0.1, -0.05) is 0 Å². The van der Waals surface area contributed by atoms with Crippen molar-refractivity contribution in [3.8, 4) is 34.3 Å². The molecule has 0 saturated carbocycles. The van der Waals surface area contributed by atoms with Crippen molar-refractivity contribution in [1.29, 1.82) is 0 Å². The summed E-state index contributed by atoms with van der Waals surface area (Å²) in [6.07, 6.45) is -24.6. The van der Waals surface area contributed by atoms with E-state index in [-0.39, 0.29) is 28.4 Å². The molecule has 15 unspecified atom stereocenters. The maximum Gasteiger partial charge on any atom is 0.239 e. The Morgan fingerprint density at radius 3 is 1.81 bits per heavy atom. The molecule has 0 aliphatic carbocycles. The lowest BCUT2D eigenvalue weighted by atomic mass is 9.97. The molecule has 3 fully saturated rings. The van der Waals surface area contributed by atoms with Gasteiger partial charge in [-0.05, 0) is 31.2 Å². The molecule has 0 radical (unpaired) electrons. The molecular weight excluding hydrogens is 716 g/mol. The maximum atomic E-state index is 13.9. The van der Waals surface area contributed by atoms with Gasteiger partial charge in [0.25, 0.3) is 0 Å². The van der Waals surface area contributed by atoms with Crippen LogP contribution in [0.4, 0.5) is 0 Å². The Morgan fingerprint density at radius 2 is 1.21 bits per heavy atom. The van der Waals surface area contributed by atoms with E-state index in [0.29, 0.717) is 0 Å². The molecule has 20 nitrogen and oxygen atoms in total. The van der Waals surface area contributed by atoms with Crippen LogP contribution in [0.15, 0.2) is 45.6 Å². The molecule has 0 amide bonds. The van der Waals surface area contributed by atoms with Gasteiger partial charge < -0.3 is 94.1 Å². The number of aromatic hydroxyl groups is 2. The van der Waals surface area contributed by atoms with Crippen LogP contribution in [0.25, 0.3) is 22.3 Å². The largest absolute Gasteiger partial charge is 0.508 e. The molecule has 12 N–H and O–H groups in total. The van der Waals surface area contributed by atoms with Crippen LogP contribution >= 0.6 is 0 Å². The normalized spacial score (nSPS) is 37.8. The predicted octanol–water partition coefficient (Wildman–Crippen LogP) is -3.92. The molecule has 1 aromatic heterocycles. The van der Waals surface area contributed by atoms with E-state index in [9.17, 15) is 66.1 Å². The summed E-state index contributed by atoms with van der Waals surface area (Å²) >= 11 is 0. The van der Waals surface area contributed by atoms with Gasteiger partial charge in [0.15, 0.2) is 12.1 Å². The number of ether oxygens (including phenoxy) is 6. The zero-order valence-electron chi connectivity index (χ0n) is 27.7. The molecule has 3 aliphatic rings. The van der Waals surface area contributed by atoms with E-state index < -0.39 is 128 Å². The first-order valence-electron chi connectivity index (χ1n) is 16.4. The second kappa shape index (κ2) is 15.6. The lowest BCUT2D eigenvalue weighted by Gasteiger charge is -2.45. The van der Waals surface area contributed by atoms with Gasteiger partial charge in [-0.15, -0.1) is 0 Å². The number of phenolic OH excluding ortho intramolecular Hbond substituents is 2. The second-order valence-electron chi connectivity index (χ2n) is 12.9. The molecule has 3 saturated heterocycles. The van der Waals surface area contributed by atoms with Crippen LogP contribution in [0.1, 0.15) is 6.92 Å². The average Bonchev–Trinajstić information content (AvgIpc) is 3.13. The molecule has 4 heterocycles. The minimum Gasteiger partial charge on any atom is -0.508 e. The average molecular weight is 757 g/mol. The molecular formula is C33H40O20. The molecule has 0 bridgehead atoms. The van der Waals surface area contributed by atoms with Gasteiger partial charge in [0.05, 0.1) is 19.3 Å². The first-order valence-corrected chi connectivity index (χ1v) is 16.4. The SMILES string of the molecule is CC1OC(Oc2cc(O)c3c(=O)c(OC4OC(CO)C(O)C(O)C4O)c(-c4ccc(O)cc4)oc3c2)C(O)C(O)C1OC1OC(CO)C(O)C(O)C1O. The zero-order chi connectivity index (χ0) is 38.5. The first kappa shape index (κ1) is 39.0. The fraction of sp³-hybridized carbons (Fsp3) is 0.545. The summed E-state index contributed by atoms with van der Waals surface area (Å²) in [5, 5.41) is 123. The summed E-state index contributed by atoms with van der Waals surface area (Å²) in [6.45, 7) is -0.102. The predicted molar refractivity (Wildman–Crippen MR) is 171 cm³/mol. The molecule has 20 heteroatoms. The summed E-state index contributed by atoms with van der Waals surface area (Å²) < 4.78 is 39.5. The number of hydrogen-bond acceptors (Lipinski definition) is 20. The van der Waals surface area contributed by atoms with Crippen LogP contribution in [0.3, 0.4) is 0 Å². The highest BCUT2D eigenvalue weighted by molar-refractivity contribution is 5.88. The van der Waals surface area contributed by atoms with Crippen molar-refractivity contribution < 1.29 is 94.1 Å². The van der Waals surface area contributed by atoms with E-state index in [4.69, 9.17) is 32.8 Å². The Balaban J connectivity index is 1.28. The third-order valence-corrected chi connectivity index (χ3v) is 9.29. The lowest BCUT2D eigenvalue weighted by Crippen LogP contribution is -2.64. The van der Waals surface area contributed by atoms with Gasteiger partial charge in [0, 0.05) is 17.7 Å². The van der Waals surface area contributed by atoms with Gasteiger partial charge in [-0.25, -0.2) is 0 Å². The van der Waals surface area contributed by atoms with Crippen LogP contribution in [-0.4, -0.2) is 167 Å². The van der Waals surface area contributed by atoms with Crippen molar-refractivity contribution >= 4 is 11.0 Å². The number of hydrogen-bond donors (Lipinski definition) is 12. The highest BCUT2D eigenvalue weighted by Crippen LogP contribution is 2.39. The molecule has 6 rings (SSSR count). The Morgan fingerprint density at radius 1 is 0.660 bits per heavy atom. The van der Waals surface area contributed by atoms with E-state index in [2.05, 4.69) is 0 Å². The second-order valence-corrected chi connectivity index (χ2v) is 12.9. The van der Waals surface area contributed by atoms with Crippen molar-refractivity contribution in [2.75, 3.05) is 13.2 Å². The van der Waals surface area contributed by atoms with E-state index in [1.807, 2.05) is 0 Å². The number of rotatable bonds is 9. The van der Waals surface area contributed by atoms with Crippen LogP contribution < -0.4 is 14.9 Å². The molecule has 3 aromatic rings. The number of phenols is 2. The Hall–Kier alpha value is -3.71. The summed E-state index contributed by atoms with van der Waals surface area (Å²) in [5.41, 5.74) is -1.18. The molecule has 292 valence electrons. The Bertz CT molecular complexity index is 1780. The van der Waals surface area contributed by atoms with Gasteiger partial charge >= 0.3 is 0 Å². The van der Waals surface area contributed by atoms with E-state index in [1.54, 1.807) is 0 Å². The van der Waals surface area contributed by atoms with Crippen LogP contribution in [0.2, 0.25) is 0 Å². The summed E-state index contributed by atoms with van der Waals surface area (Å²) in [5.74, 6) is -2.07. The minimum atomic E-state index is -1.91. The van der Waals surface area contributed by atoms with Crippen molar-refractivity contribution in [1.82, 2.24) is 0 Å². The molecule has 15 atom stereocenters. The van der Waals surface area contributed by atoms with Gasteiger partial charge in [0.1, 0.15) is 95.4 Å². The lowest BCUT2D eigenvalue weighted by molar-refractivity contribution is -0.348. The number of aliphatic hydroxyl groups is 10. The van der Waals surface area contributed by atoms with E-state index in [1.165, 1.54) is 31.2 Å². The van der Waals surface area contributed by atoms with Crippen molar-refractivity contribution in [2.45, 2.75) is 99.0 Å². The molecule has 3 aliphatic heterocycles.